The van der Waals surface area contributed by atoms with Crippen molar-refractivity contribution in [1.29, 1.82) is 0 Å². The van der Waals surface area contributed by atoms with E-state index in [4.69, 9.17) is 19.4 Å². The molecule has 10 heteroatoms. The van der Waals surface area contributed by atoms with Crippen LogP contribution in [0.4, 0.5) is 0 Å². The highest BCUT2D eigenvalue weighted by Crippen LogP contribution is 2.44. The van der Waals surface area contributed by atoms with Crippen LogP contribution >= 0.6 is 0 Å². The zero-order valence-electron chi connectivity index (χ0n) is 46.1. The number of H-pyrrole nitrogens is 2. The third-order valence-electron chi connectivity index (χ3n) is 15.5. The molecule has 2 aliphatic heterocycles. The molecule has 10 nitrogen and oxygen atoms in total. The van der Waals surface area contributed by atoms with Gasteiger partial charge in [-0.2, -0.15) is 0 Å². The van der Waals surface area contributed by atoms with Gasteiger partial charge in [-0.15, -0.1) is 0 Å². The van der Waals surface area contributed by atoms with E-state index in [1.807, 2.05) is 55.5 Å². The fraction of sp³-hybridized carbons (Fsp3) is 0.508. The van der Waals surface area contributed by atoms with Crippen LogP contribution in [0.25, 0.3) is 39.3 Å². The van der Waals surface area contributed by atoms with Crippen molar-refractivity contribution in [3.8, 4) is 0 Å². The lowest BCUT2D eigenvalue weighted by atomic mass is 9.84. The van der Waals surface area contributed by atoms with Gasteiger partial charge in [-0.05, 0) is 130 Å². The van der Waals surface area contributed by atoms with Crippen LogP contribution in [0.15, 0.2) is 66.8 Å². The molecular formula is C63H85N5O5. The van der Waals surface area contributed by atoms with E-state index in [9.17, 15) is 14.4 Å². The van der Waals surface area contributed by atoms with Crippen molar-refractivity contribution < 1.29 is 23.9 Å². The second-order valence-corrected chi connectivity index (χ2v) is 21.6. The van der Waals surface area contributed by atoms with Crippen LogP contribution in [0, 0.1) is 31.6 Å². The highest BCUT2D eigenvalue weighted by atomic mass is 16.5. The Morgan fingerprint density at radius 3 is 2.15 bits per heavy atom. The lowest BCUT2D eigenvalue weighted by molar-refractivity contribution is -0.143. The second-order valence-electron chi connectivity index (χ2n) is 21.6. The molecule has 1 aromatic carbocycles. The van der Waals surface area contributed by atoms with E-state index in [0.717, 1.165) is 86.7 Å². The number of fused-ring (bicyclic) bond motifs is 8. The van der Waals surface area contributed by atoms with Crippen molar-refractivity contribution >= 4 is 57.1 Å². The summed E-state index contributed by atoms with van der Waals surface area (Å²) in [6, 6.07) is 16.3. The number of amides is 1. The minimum atomic E-state index is -0.486. The molecule has 4 aromatic rings. The van der Waals surface area contributed by atoms with Crippen LogP contribution in [0.3, 0.4) is 0 Å². The zero-order valence-corrected chi connectivity index (χ0v) is 46.1. The Kier molecular flexibility index (Phi) is 20.6. The Morgan fingerprint density at radius 1 is 0.808 bits per heavy atom. The first-order valence-electron chi connectivity index (χ1n) is 27.3. The monoisotopic (exact) mass is 992 g/mol. The molecular weight excluding hydrogens is 907 g/mol. The maximum Gasteiger partial charge on any atom is 0.310 e. The zero-order chi connectivity index (χ0) is 52.8. The molecule has 8 bridgehead atoms. The average molecular weight is 992 g/mol. The van der Waals surface area contributed by atoms with Crippen LogP contribution in [0.1, 0.15) is 194 Å². The number of nitrogens with zero attached hydrogens (tertiary/aromatic N) is 2. The summed E-state index contributed by atoms with van der Waals surface area (Å²) in [5, 5.41) is 3.18. The quantitative estimate of drug-likeness (QED) is 0.0444. The lowest BCUT2D eigenvalue weighted by Crippen LogP contribution is -2.27. The first kappa shape index (κ1) is 56.3. The number of aromatic nitrogens is 4. The molecule has 1 amide bonds. The standard InChI is InChI=1S/C63H85N5O5/c1-13-48-43(8)52-36-54-45(10)50(29-30-58(69)73-34-32-42(7)26-20-25-41(6)24-19-23-40(5)22-18-21-39(3)4)61(67-54)51(35-59(70)72-12)62-60(63(71)64-33-31-47-27-16-15-17-28-47)46(11)55(68-62)38-57-49(14-2)44(9)53(66-57)37-56(48)65-52/h13,15-17,27-28,32,36-41,45,50,65-66H,1,14,18-26,29-31,33-35H2,2-12H3,(H,64,71)/b42-32+,52-36?,53-37?,54-36?,55-38?,56-37?,57-38?,61-51?,62-51?. The summed E-state index contributed by atoms with van der Waals surface area (Å²) in [6.07, 6.45) is 16.9. The van der Waals surface area contributed by atoms with Gasteiger partial charge in [0, 0.05) is 63.7 Å². The lowest BCUT2D eigenvalue weighted by Gasteiger charge is -2.19. The van der Waals surface area contributed by atoms with Crippen molar-refractivity contribution in [2.45, 2.75) is 171 Å². The summed E-state index contributed by atoms with van der Waals surface area (Å²) in [7, 11) is 1.36. The molecule has 5 heterocycles. The van der Waals surface area contributed by atoms with Gasteiger partial charge in [0.15, 0.2) is 0 Å². The van der Waals surface area contributed by atoms with Gasteiger partial charge in [0.2, 0.25) is 0 Å². The van der Waals surface area contributed by atoms with Gasteiger partial charge in [-0.1, -0.05) is 135 Å². The maximum atomic E-state index is 14.6. The minimum Gasteiger partial charge on any atom is -0.469 e. The molecule has 4 unspecified atom stereocenters. The number of hydrogen-bond donors (Lipinski definition) is 3. The first-order valence-corrected chi connectivity index (χ1v) is 27.3. The fourth-order valence-electron chi connectivity index (χ4n) is 10.8. The first-order chi connectivity index (χ1) is 35.0. The highest BCUT2D eigenvalue weighted by molar-refractivity contribution is 6.27. The molecule has 3 N–H and O–H groups in total. The van der Waals surface area contributed by atoms with Gasteiger partial charge in [0.05, 0.1) is 36.2 Å². The van der Waals surface area contributed by atoms with Gasteiger partial charge >= 0.3 is 11.9 Å². The smallest absolute Gasteiger partial charge is 0.310 e. The normalized spacial score (nSPS) is 15.6. The number of nitrogens with one attached hydrogen (secondary N) is 3. The third kappa shape index (κ3) is 14.8. The number of aryl methyl sites for hydroxylation is 3. The van der Waals surface area contributed by atoms with Crippen molar-refractivity contribution in [3.63, 3.8) is 0 Å². The average Bonchev–Trinajstić information content (AvgIpc) is 4.05. The van der Waals surface area contributed by atoms with E-state index >= 15 is 0 Å². The number of aromatic amines is 2. The van der Waals surface area contributed by atoms with Crippen molar-refractivity contribution in [2.75, 3.05) is 20.3 Å². The molecule has 73 heavy (non-hydrogen) atoms. The van der Waals surface area contributed by atoms with E-state index in [1.165, 1.54) is 57.6 Å². The molecule has 0 saturated heterocycles. The molecule has 0 radical (unpaired) electrons. The maximum absolute atomic E-state index is 14.6. The topological polar surface area (TPSA) is 139 Å². The van der Waals surface area contributed by atoms with Gasteiger partial charge in [0.1, 0.15) is 6.61 Å². The molecule has 3 aromatic heterocycles. The van der Waals surface area contributed by atoms with Gasteiger partial charge in [0.25, 0.3) is 5.91 Å². The summed E-state index contributed by atoms with van der Waals surface area (Å²) in [5.41, 5.74) is 14.2. The molecule has 2 aliphatic rings. The Hall–Kier alpha value is -6.03. The predicted molar refractivity (Wildman–Crippen MR) is 301 cm³/mol. The Balaban J connectivity index is 1.31. The Labute approximate surface area is 436 Å². The van der Waals surface area contributed by atoms with Gasteiger partial charge in [-0.25, -0.2) is 4.98 Å². The Bertz CT molecular complexity index is 2810. The van der Waals surface area contributed by atoms with Gasteiger partial charge in [-0.3, -0.25) is 19.4 Å². The second kappa shape index (κ2) is 26.8. The van der Waals surface area contributed by atoms with E-state index in [-0.39, 0.29) is 43.2 Å². The number of allylic oxidation sites excluding steroid dienone is 2. The van der Waals surface area contributed by atoms with Gasteiger partial charge < -0.3 is 24.8 Å². The number of benzene rings is 1. The number of carbonyl (C=O) groups is 3. The third-order valence-corrected chi connectivity index (χ3v) is 15.5. The summed E-state index contributed by atoms with van der Waals surface area (Å²) < 4.78 is 11.2. The fourth-order valence-corrected chi connectivity index (χ4v) is 10.8. The van der Waals surface area contributed by atoms with E-state index in [0.29, 0.717) is 59.1 Å². The number of ether oxygens (including phenoxy) is 2. The Morgan fingerprint density at radius 2 is 1.48 bits per heavy atom. The molecule has 4 atom stereocenters. The summed E-state index contributed by atoms with van der Waals surface area (Å²) >= 11 is 0. The largest absolute Gasteiger partial charge is 0.469 e. The number of hydrogen-bond acceptors (Lipinski definition) is 7. The summed E-state index contributed by atoms with van der Waals surface area (Å²) in [4.78, 5) is 59.9. The summed E-state index contributed by atoms with van der Waals surface area (Å²) in [5.74, 6) is 0.738. The minimum absolute atomic E-state index is 0.141. The molecule has 6 rings (SSSR count). The molecule has 0 fully saturated rings. The highest BCUT2D eigenvalue weighted by Gasteiger charge is 2.36. The van der Waals surface area contributed by atoms with E-state index in [2.05, 4.69) is 96.3 Å². The van der Waals surface area contributed by atoms with Crippen LogP contribution in [-0.4, -0.2) is 58.0 Å². The molecule has 0 spiro atoms. The molecule has 392 valence electrons. The number of carbonyl (C=O) groups excluding carboxylic acids is 3. The number of rotatable bonds is 25. The summed E-state index contributed by atoms with van der Waals surface area (Å²) in [6.45, 7) is 26.7. The molecule has 0 aliphatic carbocycles. The van der Waals surface area contributed by atoms with Crippen LogP contribution < -0.4 is 5.32 Å². The van der Waals surface area contributed by atoms with Crippen LogP contribution in [0.2, 0.25) is 0 Å². The number of esters is 2. The predicted octanol–water partition coefficient (Wildman–Crippen LogP) is 14.7. The molecule has 0 saturated carbocycles. The SMILES string of the molecule is C=Cc1c(C)c2cc3nc(c(CC(=O)OC)c4nc(cc5[nH]c(cc1[nH]2)c(C)c5CC)C(C)=C4C(=O)NCCc1ccccc1)C(CCC(=O)OC/C=C(\C)CCCC(C)CCCC(C)CCCC(C)C)C3C. The van der Waals surface area contributed by atoms with Crippen molar-refractivity contribution in [2.24, 2.45) is 17.8 Å². The van der Waals surface area contributed by atoms with Crippen molar-refractivity contribution in [1.82, 2.24) is 25.3 Å². The van der Waals surface area contributed by atoms with Crippen LogP contribution in [0.5, 0.6) is 0 Å². The number of methoxy groups -OCH3 is 1. The van der Waals surface area contributed by atoms with Crippen LogP contribution in [-0.2, 0) is 43.1 Å². The van der Waals surface area contributed by atoms with E-state index in [1.54, 1.807) is 0 Å². The van der Waals surface area contributed by atoms with Crippen molar-refractivity contribution in [3.05, 3.63) is 123 Å². The van der Waals surface area contributed by atoms with E-state index < -0.39 is 5.97 Å².